The number of aromatic nitrogens is 1. The first kappa shape index (κ1) is 40.3. The van der Waals surface area contributed by atoms with Gasteiger partial charge in [0.2, 0.25) is 0 Å². The zero-order chi connectivity index (χ0) is 34.1. The Morgan fingerprint density at radius 1 is 1.13 bits per heavy atom. The molecule has 0 amide bonds. The van der Waals surface area contributed by atoms with E-state index >= 15 is 0 Å². The summed E-state index contributed by atoms with van der Waals surface area (Å²) in [5.41, 5.74) is 4.67. The van der Waals surface area contributed by atoms with Gasteiger partial charge in [0, 0.05) is 80.0 Å². The van der Waals surface area contributed by atoms with Crippen molar-refractivity contribution < 1.29 is 4.39 Å². The fraction of sp³-hybridized carbons (Fsp3) is 0.568. The number of rotatable bonds is 11. The number of piperazine rings is 1. The Balaban J connectivity index is 0.00000243. The van der Waals surface area contributed by atoms with E-state index in [-0.39, 0.29) is 17.4 Å². The second kappa shape index (κ2) is 21.2. The summed E-state index contributed by atoms with van der Waals surface area (Å²) in [6.07, 6.45) is 14.6. The van der Waals surface area contributed by atoms with Crippen LogP contribution in [0.2, 0.25) is 0 Å². The normalized spacial score (nSPS) is 17.5. The zero-order valence-electron chi connectivity index (χ0n) is 30.2. The molecule has 0 radical (unpaired) electrons. The highest BCUT2D eigenvalue weighted by Crippen LogP contribution is 2.20. The maximum atomic E-state index is 14.4. The summed E-state index contributed by atoms with van der Waals surface area (Å²) >= 11 is 1.73. The van der Waals surface area contributed by atoms with Crippen LogP contribution >= 0.6 is 11.8 Å². The summed E-state index contributed by atoms with van der Waals surface area (Å²) in [6.45, 7) is 22.2. The molecule has 0 bridgehead atoms. The monoisotopic (exact) mass is 641 g/mol. The molecule has 0 saturated carbocycles. The predicted octanol–water partition coefficient (Wildman–Crippen LogP) is 6.32. The number of nitrogens with zero attached hydrogens (tertiary/aromatic N) is 4. The highest BCUT2D eigenvalue weighted by Gasteiger charge is 2.17. The number of pyridine rings is 1. The van der Waals surface area contributed by atoms with Crippen molar-refractivity contribution in [2.45, 2.75) is 87.6 Å². The lowest BCUT2D eigenvalue weighted by Crippen LogP contribution is -2.47. The van der Waals surface area contributed by atoms with Crippen LogP contribution in [0.4, 0.5) is 4.39 Å². The Labute approximate surface area is 277 Å². The van der Waals surface area contributed by atoms with Gasteiger partial charge < -0.3 is 14.8 Å². The number of allylic oxidation sites excluding steroid dienone is 6. The molecular formula is C37H60FN5OS. The van der Waals surface area contributed by atoms with Crippen LogP contribution in [0, 0.1) is 0 Å². The molecule has 0 unspecified atom stereocenters. The molecule has 6 nitrogen and oxygen atoms in total. The van der Waals surface area contributed by atoms with Crippen molar-refractivity contribution in [3.8, 4) is 0 Å². The van der Waals surface area contributed by atoms with Gasteiger partial charge in [-0.25, -0.2) is 4.39 Å². The van der Waals surface area contributed by atoms with Gasteiger partial charge in [-0.3, -0.25) is 14.7 Å². The van der Waals surface area contributed by atoms with Crippen molar-refractivity contribution in [3.63, 3.8) is 0 Å². The molecule has 0 spiro atoms. The fourth-order valence-corrected chi connectivity index (χ4v) is 5.80. The van der Waals surface area contributed by atoms with Gasteiger partial charge in [0.05, 0.1) is 5.70 Å². The molecule has 0 aromatic carbocycles. The van der Waals surface area contributed by atoms with Gasteiger partial charge >= 0.3 is 0 Å². The maximum Gasteiger partial charge on any atom is 0.258 e. The molecular weight excluding hydrogens is 582 g/mol. The molecule has 252 valence electrons. The Morgan fingerprint density at radius 2 is 1.78 bits per heavy atom. The quantitative estimate of drug-likeness (QED) is 0.227. The second-order valence-corrected chi connectivity index (χ2v) is 11.9. The van der Waals surface area contributed by atoms with Crippen LogP contribution in [0.25, 0.3) is 11.6 Å². The van der Waals surface area contributed by atoms with Gasteiger partial charge in [-0.1, -0.05) is 58.4 Å². The van der Waals surface area contributed by atoms with Gasteiger partial charge in [-0.15, -0.1) is 11.8 Å². The molecule has 3 rings (SSSR count). The van der Waals surface area contributed by atoms with E-state index < -0.39 is 0 Å². The van der Waals surface area contributed by atoms with Crippen LogP contribution < -0.4 is 21.3 Å². The molecule has 2 aliphatic rings. The number of nitrogens with one attached hydrogen (secondary N) is 1. The molecule has 1 aliphatic heterocycles. The Bertz CT molecular complexity index is 1420. The van der Waals surface area contributed by atoms with E-state index in [1.165, 1.54) is 17.4 Å². The average Bonchev–Trinajstić information content (AvgIpc) is 3.20. The van der Waals surface area contributed by atoms with Gasteiger partial charge in [0.25, 0.3) is 5.56 Å². The van der Waals surface area contributed by atoms with Gasteiger partial charge in [0.15, 0.2) is 0 Å². The van der Waals surface area contributed by atoms with Crippen molar-refractivity contribution in [3.05, 3.63) is 78.5 Å². The third kappa shape index (κ3) is 12.2. The number of fused-ring (bicyclic) bond motifs is 1. The van der Waals surface area contributed by atoms with E-state index in [0.717, 1.165) is 66.4 Å². The lowest BCUT2D eigenvalue weighted by atomic mass is 10.0. The number of likely N-dealkylation sites (N-methyl/N-ethyl adjacent to an activating group) is 1. The molecule has 1 saturated heterocycles. The van der Waals surface area contributed by atoms with Crippen molar-refractivity contribution >= 4 is 29.6 Å². The van der Waals surface area contributed by atoms with E-state index in [9.17, 15) is 9.18 Å². The molecule has 1 N–H and O–H groups in total. The number of halogens is 1. The third-order valence-electron chi connectivity index (χ3n) is 7.89. The number of thioether (sulfide) groups is 1. The van der Waals surface area contributed by atoms with E-state index in [0.29, 0.717) is 18.7 Å². The first-order valence-electron chi connectivity index (χ1n) is 16.6. The lowest BCUT2D eigenvalue weighted by Gasteiger charge is -2.32. The lowest BCUT2D eigenvalue weighted by molar-refractivity contribution is 0.163. The zero-order valence-corrected chi connectivity index (χ0v) is 31.0. The minimum atomic E-state index is -0.260. The molecule has 1 aromatic rings. The van der Waals surface area contributed by atoms with E-state index in [2.05, 4.69) is 78.5 Å². The summed E-state index contributed by atoms with van der Waals surface area (Å²) in [5.74, 6) is -0.260. The summed E-state index contributed by atoms with van der Waals surface area (Å²) in [7, 11) is 3.92. The minimum Gasteiger partial charge on any atom is -0.381 e. The van der Waals surface area contributed by atoms with Gasteiger partial charge in [-0.05, 0) is 76.8 Å². The van der Waals surface area contributed by atoms with Crippen molar-refractivity contribution in [2.75, 3.05) is 46.0 Å². The smallest absolute Gasteiger partial charge is 0.258 e. The topological polar surface area (TPSA) is 52.9 Å². The highest BCUT2D eigenvalue weighted by molar-refractivity contribution is 8.02. The Kier molecular flexibility index (Phi) is 19.0. The molecule has 1 fully saturated rings. The summed E-state index contributed by atoms with van der Waals surface area (Å²) in [6, 6.07) is 2.15. The summed E-state index contributed by atoms with van der Waals surface area (Å²) in [5, 5.41) is 5.39. The van der Waals surface area contributed by atoms with Crippen LogP contribution in [0.5, 0.6) is 0 Å². The third-order valence-corrected chi connectivity index (χ3v) is 8.78. The van der Waals surface area contributed by atoms with Gasteiger partial charge in [-0.2, -0.15) is 0 Å². The summed E-state index contributed by atoms with van der Waals surface area (Å²) in [4.78, 5) is 23.9. The fourth-order valence-electron chi connectivity index (χ4n) is 5.21. The Hall–Kier alpha value is -2.68. The largest absolute Gasteiger partial charge is 0.381 e. The predicted molar refractivity (Wildman–Crippen MR) is 198 cm³/mol. The van der Waals surface area contributed by atoms with E-state index in [1.54, 1.807) is 22.5 Å². The van der Waals surface area contributed by atoms with Crippen LogP contribution in [0.15, 0.2) is 61.8 Å². The first-order chi connectivity index (χ1) is 21.5. The van der Waals surface area contributed by atoms with Crippen molar-refractivity contribution in [2.24, 2.45) is 12.0 Å². The minimum absolute atomic E-state index is 0.0249. The molecule has 45 heavy (non-hydrogen) atoms. The number of aliphatic imine (C=N–C) groups is 1. The van der Waals surface area contributed by atoms with E-state index in [1.807, 2.05) is 47.7 Å². The molecule has 2 heterocycles. The van der Waals surface area contributed by atoms with Crippen LogP contribution in [0.3, 0.4) is 0 Å². The Morgan fingerprint density at radius 3 is 2.36 bits per heavy atom. The first-order valence-corrected chi connectivity index (χ1v) is 17.8. The number of hydrogen-bond acceptors (Lipinski definition) is 6. The van der Waals surface area contributed by atoms with Gasteiger partial charge in [0.1, 0.15) is 5.83 Å². The second-order valence-electron chi connectivity index (χ2n) is 11.1. The standard InChI is InChI=1S/C33H48FN5OS.2C2H6/c1-9-10-11-32(41-8)26(5)36-25(4)28-13-12-23(2)20-30-29(28)21-27(38(7)33(30)40)14-15-35-31(24(3)34)22-39-18-16-37(6)17-19-39;2*1-2/h10-12,15,20-21,25,36H,9,13-14,16-19,22H2,1-8H3;2*1-2H3/b11-10-,31-24+,32-26-,35-15?;;/t25-;;/m1../s1. The van der Waals surface area contributed by atoms with Crippen molar-refractivity contribution in [1.29, 1.82) is 0 Å². The molecule has 8 heteroatoms. The van der Waals surface area contributed by atoms with Crippen LogP contribution in [-0.2, 0) is 13.5 Å². The molecule has 1 aliphatic carbocycles. The maximum absolute atomic E-state index is 14.4. The molecule has 1 atom stereocenters. The summed E-state index contributed by atoms with van der Waals surface area (Å²) < 4.78 is 16.1. The van der Waals surface area contributed by atoms with Crippen molar-refractivity contribution in [1.82, 2.24) is 19.7 Å². The molecule has 1 aromatic heterocycles. The number of hydrogen-bond donors (Lipinski definition) is 1. The van der Waals surface area contributed by atoms with E-state index in [4.69, 9.17) is 0 Å². The van der Waals surface area contributed by atoms with Crippen LogP contribution in [0.1, 0.15) is 80.8 Å². The van der Waals surface area contributed by atoms with Crippen LogP contribution in [-0.4, -0.2) is 72.7 Å². The SMILES string of the molecule is CC.CC.CC/C=C\C(SC)=C(/C)N[C@H](C)C1=c2cc(CC=N/C(CN3CCN(C)CC3)=C(\C)F)n(C)c(=O)c2=CC(C)=CC1. The average molecular weight is 642 g/mol. The highest BCUT2D eigenvalue weighted by atomic mass is 32.2.